The molecule has 0 atom stereocenters. The molecule has 2 N–H and O–H groups in total. The zero-order chi connectivity index (χ0) is 38.1. The van der Waals surface area contributed by atoms with Crippen LogP contribution in [0.2, 0.25) is 0 Å². The molecule has 2 amide bonds. The molecule has 6 heteroatoms. The lowest BCUT2D eigenvalue weighted by Gasteiger charge is -2.34. The second-order valence-electron chi connectivity index (χ2n) is 16.4. The van der Waals surface area contributed by atoms with E-state index >= 15 is 0 Å². The molecule has 4 aromatic carbocycles. The van der Waals surface area contributed by atoms with Crippen LogP contribution in [0.5, 0.6) is 0 Å². The number of aromatic nitrogens is 2. The molecule has 55 heavy (non-hydrogen) atoms. The van der Waals surface area contributed by atoms with Gasteiger partial charge in [-0.05, 0) is 133 Å². The van der Waals surface area contributed by atoms with Crippen LogP contribution in [0, 0.1) is 39.5 Å². The smallest absolute Gasteiger partial charge is 0.252 e. The molecule has 0 radical (unpaired) electrons. The molecular formula is C49H52N4O2. The van der Waals surface area contributed by atoms with Crippen molar-refractivity contribution < 1.29 is 9.59 Å². The maximum Gasteiger partial charge on any atom is 0.252 e. The number of para-hydroxylation sites is 2. The standard InChI is InChI=1S/C49H52N4O2/c1-30-13-23-38(32(3)25-30)46-28-42(40-9-5-7-11-44(40)52-46)48(54)50-36-19-15-34(16-20-36)27-35-17-21-37(22-18-35)51-49(55)43-29-47(39-24-14-31(2)26-33(39)4)53-45-12-8-6-10-41(43)45/h5-14,23-26,28-29,34-37H,15-22,27H2,1-4H3,(H,50,54)(H,51,55). The van der Waals surface area contributed by atoms with Crippen molar-refractivity contribution in [3.05, 3.63) is 130 Å². The minimum absolute atomic E-state index is 0.00492. The molecule has 0 aliphatic heterocycles. The zero-order valence-electron chi connectivity index (χ0n) is 32.6. The van der Waals surface area contributed by atoms with E-state index in [4.69, 9.17) is 9.97 Å². The third-order valence-corrected chi connectivity index (χ3v) is 12.3. The number of nitrogens with one attached hydrogen (secondary N) is 2. The molecule has 2 aliphatic carbocycles. The van der Waals surface area contributed by atoms with Gasteiger partial charge in [0.25, 0.3) is 11.8 Å². The Kier molecular flexibility index (Phi) is 10.5. The Morgan fingerprint density at radius 1 is 0.527 bits per heavy atom. The molecule has 0 bridgehead atoms. The summed E-state index contributed by atoms with van der Waals surface area (Å²) in [4.78, 5) is 37.6. The van der Waals surface area contributed by atoms with E-state index in [-0.39, 0.29) is 23.9 Å². The number of fused-ring (bicyclic) bond motifs is 2. The number of carbonyl (C=O) groups is 2. The average Bonchev–Trinajstić information content (AvgIpc) is 3.18. The number of benzene rings is 4. The lowest BCUT2D eigenvalue weighted by Crippen LogP contribution is -2.39. The maximum absolute atomic E-state index is 13.8. The van der Waals surface area contributed by atoms with Crippen LogP contribution in [0.25, 0.3) is 44.3 Å². The quantitative estimate of drug-likeness (QED) is 0.163. The number of aryl methyl sites for hydroxylation is 4. The number of carbonyl (C=O) groups excluding carboxylic acids is 2. The summed E-state index contributed by atoms with van der Waals surface area (Å²) in [6.45, 7) is 8.41. The van der Waals surface area contributed by atoms with Crippen molar-refractivity contribution in [1.29, 1.82) is 0 Å². The lowest BCUT2D eigenvalue weighted by atomic mass is 9.75. The second-order valence-corrected chi connectivity index (χ2v) is 16.4. The summed E-state index contributed by atoms with van der Waals surface area (Å²) in [5.41, 5.74) is 11.6. The van der Waals surface area contributed by atoms with Crippen LogP contribution >= 0.6 is 0 Å². The normalized spacial score (nSPS) is 20.0. The van der Waals surface area contributed by atoms with Gasteiger partial charge in [-0.25, -0.2) is 9.97 Å². The fraction of sp³-hybridized carbons (Fsp3) is 0.347. The fourth-order valence-electron chi connectivity index (χ4n) is 9.29. The van der Waals surface area contributed by atoms with Gasteiger partial charge in [0.1, 0.15) is 0 Å². The number of hydrogen-bond donors (Lipinski definition) is 2. The van der Waals surface area contributed by atoms with E-state index in [9.17, 15) is 9.59 Å². The molecule has 2 saturated carbocycles. The second kappa shape index (κ2) is 15.8. The van der Waals surface area contributed by atoms with Crippen LogP contribution in [0.4, 0.5) is 0 Å². The summed E-state index contributed by atoms with van der Waals surface area (Å²) >= 11 is 0. The van der Waals surface area contributed by atoms with Crippen molar-refractivity contribution in [2.24, 2.45) is 11.8 Å². The van der Waals surface area contributed by atoms with Gasteiger partial charge < -0.3 is 10.6 Å². The Morgan fingerprint density at radius 2 is 0.927 bits per heavy atom. The van der Waals surface area contributed by atoms with Crippen molar-refractivity contribution in [1.82, 2.24) is 20.6 Å². The largest absolute Gasteiger partial charge is 0.349 e. The van der Waals surface area contributed by atoms with Crippen molar-refractivity contribution >= 4 is 33.6 Å². The van der Waals surface area contributed by atoms with Crippen LogP contribution in [0.1, 0.15) is 101 Å². The fourth-order valence-corrected chi connectivity index (χ4v) is 9.29. The summed E-state index contributed by atoms with van der Waals surface area (Å²) in [6, 6.07) is 33.0. The summed E-state index contributed by atoms with van der Waals surface area (Å²) in [7, 11) is 0. The van der Waals surface area contributed by atoms with E-state index in [0.717, 1.165) is 107 Å². The highest BCUT2D eigenvalue weighted by atomic mass is 16.2. The van der Waals surface area contributed by atoms with E-state index in [2.05, 4.69) is 74.7 Å². The van der Waals surface area contributed by atoms with Crippen LogP contribution < -0.4 is 10.6 Å². The molecule has 0 saturated heterocycles. The van der Waals surface area contributed by atoms with Gasteiger partial charge >= 0.3 is 0 Å². The van der Waals surface area contributed by atoms with E-state index in [1.165, 1.54) is 17.5 Å². The Labute approximate surface area is 325 Å². The number of pyridine rings is 2. The van der Waals surface area contributed by atoms with E-state index in [1.54, 1.807) is 0 Å². The van der Waals surface area contributed by atoms with Gasteiger partial charge in [0.05, 0.1) is 33.5 Å². The number of rotatable bonds is 8. The highest BCUT2D eigenvalue weighted by Gasteiger charge is 2.29. The van der Waals surface area contributed by atoms with Crippen molar-refractivity contribution in [3.8, 4) is 22.5 Å². The van der Waals surface area contributed by atoms with Gasteiger partial charge in [0.2, 0.25) is 0 Å². The Balaban J connectivity index is 0.852. The molecule has 280 valence electrons. The van der Waals surface area contributed by atoms with Gasteiger partial charge in [0.15, 0.2) is 0 Å². The van der Waals surface area contributed by atoms with Crippen LogP contribution in [0.3, 0.4) is 0 Å². The van der Waals surface area contributed by atoms with Gasteiger partial charge in [-0.15, -0.1) is 0 Å². The molecule has 0 spiro atoms. The first-order valence-electron chi connectivity index (χ1n) is 20.2. The minimum Gasteiger partial charge on any atom is -0.349 e. The van der Waals surface area contributed by atoms with Gasteiger partial charge in [-0.3, -0.25) is 9.59 Å². The minimum atomic E-state index is -0.00492. The monoisotopic (exact) mass is 728 g/mol. The summed E-state index contributed by atoms with van der Waals surface area (Å²) in [5, 5.41) is 8.61. The van der Waals surface area contributed by atoms with Crippen molar-refractivity contribution in [2.45, 2.75) is 97.6 Å². The first-order chi connectivity index (χ1) is 26.7. The van der Waals surface area contributed by atoms with E-state index < -0.39 is 0 Å². The Bertz CT molecular complexity index is 2220. The lowest BCUT2D eigenvalue weighted by molar-refractivity contribution is 0.0919. The zero-order valence-corrected chi connectivity index (χ0v) is 32.6. The highest BCUT2D eigenvalue weighted by molar-refractivity contribution is 6.08. The predicted molar refractivity (Wildman–Crippen MR) is 224 cm³/mol. The van der Waals surface area contributed by atoms with Crippen LogP contribution in [-0.2, 0) is 0 Å². The van der Waals surface area contributed by atoms with Crippen molar-refractivity contribution in [3.63, 3.8) is 0 Å². The van der Waals surface area contributed by atoms with Crippen LogP contribution in [0.15, 0.2) is 97.1 Å². The third kappa shape index (κ3) is 8.05. The summed E-state index contributed by atoms with van der Waals surface area (Å²) < 4.78 is 0. The van der Waals surface area contributed by atoms with E-state index in [1.807, 2.05) is 60.7 Å². The van der Waals surface area contributed by atoms with Crippen LogP contribution in [-0.4, -0.2) is 33.9 Å². The summed E-state index contributed by atoms with van der Waals surface area (Å²) in [6.07, 6.45) is 9.86. The van der Waals surface area contributed by atoms with Crippen molar-refractivity contribution in [2.75, 3.05) is 0 Å². The maximum atomic E-state index is 13.8. The Hall–Kier alpha value is -5.36. The molecule has 6 nitrogen and oxygen atoms in total. The molecule has 0 unspecified atom stereocenters. The van der Waals surface area contributed by atoms with Gasteiger partial charge in [-0.1, -0.05) is 83.9 Å². The third-order valence-electron chi connectivity index (χ3n) is 12.3. The SMILES string of the molecule is Cc1ccc(-c2cc(C(=O)NC3CCC(CC4CCC(NC(=O)c5cc(-c6ccc(C)cc6C)nc6ccccc56)CC4)CC3)c3ccccc3n2)c(C)c1. The summed E-state index contributed by atoms with van der Waals surface area (Å²) in [5.74, 6) is 1.37. The van der Waals surface area contributed by atoms with E-state index in [0.29, 0.717) is 23.0 Å². The highest BCUT2D eigenvalue weighted by Crippen LogP contribution is 2.36. The average molecular weight is 729 g/mol. The number of hydrogen-bond acceptors (Lipinski definition) is 4. The Morgan fingerprint density at radius 3 is 1.33 bits per heavy atom. The molecule has 8 rings (SSSR count). The first kappa shape index (κ1) is 36.6. The first-order valence-corrected chi connectivity index (χ1v) is 20.2. The topological polar surface area (TPSA) is 84.0 Å². The molecule has 6 aromatic rings. The molecular weight excluding hydrogens is 677 g/mol. The van der Waals surface area contributed by atoms with Gasteiger partial charge in [0, 0.05) is 34.0 Å². The molecule has 2 heterocycles. The molecule has 2 aromatic heterocycles. The number of amides is 2. The van der Waals surface area contributed by atoms with Gasteiger partial charge in [-0.2, -0.15) is 0 Å². The molecule has 2 aliphatic rings. The molecule has 2 fully saturated rings. The predicted octanol–water partition coefficient (Wildman–Crippen LogP) is 11.0. The number of nitrogens with zero attached hydrogens (tertiary/aromatic N) is 2.